The van der Waals surface area contributed by atoms with Crippen LogP contribution >= 0.6 is 0 Å². The van der Waals surface area contributed by atoms with Gasteiger partial charge in [-0.1, -0.05) is 0 Å². The minimum atomic E-state index is -4.63. The molecule has 0 spiro atoms. The van der Waals surface area contributed by atoms with Crippen LogP contribution in [0.1, 0.15) is 0 Å². The van der Waals surface area contributed by atoms with Gasteiger partial charge in [0.2, 0.25) is 10.4 Å². The van der Waals surface area contributed by atoms with Crippen LogP contribution in [-0.2, 0) is 34.2 Å². The van der Waals surface area contributed by atoms with Gasteiger partial charge in [-0.25, -0.2) is 8.42 Å². The molecule has 0 heterocycles. The van der Waals surface area contributed by atoms with Crippen molar-refractivity contribution in [3.05, 3.63) is 0 Å². The summed E-state index contributed by atoms with van der Waals surface area (Å²) >= 11 is 0. The molecule has 0 fully saturated rings. The van der Waals surface area contributed by atoms with Crippen LogP contribution in [0, 0.1) is 0 Å². The van der Waals surface area contributed by atoms with Gasteiger partial charge in [0, 0.05) is 0 Å². The van der Waals surface area contributed by atoms with Crippen LogP contribution in [0.15, 0.2) is 0 Å². The van der Waals surface area contributed by atoms with Gasteiger partial charge in [0.25, 0.3) is 0 Å². The maximum Gasteiger partial charge on any atom is 2.00 e. The van der Waals surface area contributed by atoms with Crippen molar-refractivity contribution in [1.29, 1.82) is 0 Å². The van der Waals surface area contributed by atoms with Gasteiger partial charge in [-0.2, -0.15) is 10.2 Å². The molecule has 7 heteroatoms. The first-order valence-electron chi connectivity index (χ1n) is 0.902. The molecule has 2 N–H and O–H groups in total. The van der Waals surface area contributed by atoms with Gasteiger partial charge >= 0.3 is 19.5 Å². The molecule has 0 saturated carbocycles. The fraction of sp³-hybridized carbons (Fsp3) is 0. The fourth-order valence-corrected chi connectivity index (χ4v) is 0. The first kappa shape index (κ1) is 10.4. The van der Waals surface area contributed by atoms with E-state index in [0.29, 0.717) is 0 Å². The second-order valence-corrected chi connectivity index (χ2v) is 1.51. The molecule has 0 bridgehead atoms. The molecule has 0 aliphatic heterocycles. The molecule has 5 nitrogen and oxygen atoms in total. The minimum Gasteiger partial charge on any atom is -0.724 e. The summed E-state index contributed by atoms with van der Waals surface area (Å²) in [5.41, 5.74) is 0. The molecule has 7 heavy (non-hydrogen) atoms. The Labute approximate surface area is 53.5 Å². The second-order valence-electron chi connectivity index (χ2n) is 0.504. The molecule has 0 aliphatic rings. The predicted molar refractivity (Wildman–Crippen MR) is 15.0 cm³/mol. The molecule has 0 amide bonds. The summed E-state index contributed by atoms with van der Waals surface area (Å²) < 4.78 is 30.1. The Balaban J connectivity index is 0. The smallest absolute Gasteiger partial charge is 0.724 e. The van der Waals surface area contributed by atoms with Crippen molar-refractivity contribution in [2.75, 3.05) is 0 Å². The van der Waals surface area contributed by atoms with Crippen molar-refractivity contribution >= 4 is 10.4 Å². The van der Waals surface area contributed by atoms with Crippen LogP contribution in [0.25, 0.3) is 0 Å². The molecule has 0 aliphatic carbocycles. The summed E-state index contributed by atoms with van der Waals surface area (Å²) in [5.74, 6) is 3.91. The largest absolute Gasteiger partial charge is 2.00 e. The molecule has 0 rings (SSSR count). The van der Waals surface area contributed by atoms with Crippen LogP contribution in [0.3, 0.4) is 0 Å². The number of rotatable bonds is 1. The number of hydrogen-bond acceptors (Lipinski definition) is 5. The maximum absolute atomic E-state index is 9.10. The maximum atomic E-state index is 9.10. The Hall–Kier alpha value is 0.453. The van der Waals surface area contributed by atoms with E-state index in [9.17, 15) is 0 Å². The average Bonchev–Trinajstić information content (AvgIpc) is 1.35. The third-order valence-electron chi connectivity index (χ3n) is 0.118. The summed E-state index contributed by atoms with van der Waals surface area (Å²) in [6, 6.07) is 0. The van der Waals surface area contributed by atoms with Gasteiger partial charge in [-0.05, 0) is 0 Å². The van der Waals surface area contributed by atoms with Gasteiger partial charge in [-0.15, -0.1) is 0 Å². The monoisotopic (exact) mass is 176 g/mol. The van der Waals surface area contributed by atoms with Crippen LogP contribution in [-0.4, -0.2) is 13.0 Å². The van der Waals surface area contributed by atoms with E-state index in [1.54, 1.807) is 0 Å². The van der Waals surface area contributed by atoms with E-state index in [0.717, 1.165) is 0 Å². The third kappa shape index (κ3) is 10.7. The van der Waals surface area contributed by atoms with E-state index in [1.807, 2.05) is 0 Å². The van der Waals surface area contributed by atoms with Gasteiger partial charge in [0.15, 0.2) is 0 Å². The van der Waals surface area contributed by atoms with Gasteiger partial charge in [-0.3, -0.25) is 0 Å². The first-order chi connectivity index (χ1) is 2.56. The van der Waals surface area contributed by atoms with Crippen molar-refractivity contribution in [1.82, 2.24) is 0 Å². The topological polar surface area (TPSA) is 92.5 Å². The van der Waals surface area contributed by atoms with E-state index in [-0.39, 0.29) is 19.5 Å². The fourth-order valence-electron chi connectivity index (χ4n) is 0. The number of hydrogen-bond donors (Lipinski definition) is 1. The molecule has 0 aromatic rings. The van der Waals surface area contributed by atoms with Crippen molar-refractivity contribution in [2.45, 2.75) is 0 Å². The van der Waals surface area contributed by atoms with Crippen LogP contribution in [0.4, 0.5) is 0 Å². The van der Waals surface area contributed by atoms with E-state index in [2.05, 4.69) is 10.2 Å². The zero-order valence-corrected chi connectivity index (χ0v) is 7.11. The average molecular weight is 177 g/mol. The Morgan fingerprint density at radius 3 is 1.71 bits per heavy atom. The predicted octanol–water partition coefficient (Wildman–Crippen LogP) is -1.67. The van der Waals surface area contributed by atoms with E-state index >= 15 is 0 Å². The quantitative estimate of drug-likeness (QED) is 0.224. The van der Waals surface area contributed by atoms with Crippen molar-refractivity contribution in [2.24, 2.45) is 5.90 Å². The second kappa shape index (κ2) is 3.45. The van der Waals surface area contributed by atoms with Crippen LogP contribution in [0.5, 0.6) is 0 Å². The van der Waals surface area contributed by atoms with Gasteiger partial charge in [0.1, 0.15) is 0 Å². The summed E-state index contributed by atoms with van der Waals surface area (Å²) in [6.45, 7) is 0. The Morgan fingerprint density at radius 2 is 1.71 bits per heavy atom. The van der Waals surface area contributed by atoms with Gasteiger partial charge in [0.05, 0.1) is 0 Å². The molecule has 0 aromatic carbocycles. The van der Waals surface area contributed by atoms with E-state index < -0.39 is 10.4 Å². The zero-order chi connectivity index (χ0) is 5.21. The van der Waals surface area contributed by atoms with E-state index in [1.165, 1.54) is 0 Å². The molecular weight excluding hydrogens is 175 g/mol. The minimum absolute atomic E-state index is 0. The molecule has 0 unspecified atom stereocenters. The normalized spacial score (nSPS) is 10.0. The van der Waals surface area contributed by atoms with E-state index in [4.69, 9.17) is 13.0 Å². The molecule has 38 valence electrons. The number of nitrogens with two attached hydrogens (primary N) is 1. The van der Waals surface area contributed by atoms with Crippen LogP contribution in [0.2, 0.25) is 0 Å². The molecule has 0 radical (unpaired) electrons. The molecule has 0 aromatic heterocycles. The SMILES string of the molecule is NOS(=O)(=O)[O-].[Zn+2]. The summed E-state index contributed by atoms with van der Waals surface area (Å²) in [5, 5.41) is 0. The summed E-state index contributed by atoms with van der Waals surface area (Å²) in [7, 11) is -4.63. The standard InChI is InChI=1S/H3NO4S.Zn/c1-5-6(2,3)4;/h1H2,(H,2,3,4);/q;+2/p-1. The summed E-state index contributed by atoms with van der Waals surface area (Å²) in [4.78, 5) is 0. The first-order valence-corrected chi connectivity index (χ1v) is 2.24. The Morgan fingerprint density at radius 1 is 1.57 bits per heavy atom. The summed E-state index contributed by atoms with van der Waals surface area (Å²) in [6.07, 6.45) is 0. The Kier molecular flexibility index (Phi) is 5.15. The van der Waals surface area contributed by atoms with Crippen molar-refractivity contribution in [3.63, 3.8) is 0 Å². The Bertz CT molecular complexity index is 114. The van der Waals surface area contributed by atoms with Crippen LogP contribution < -0.4 is 5.90 Å². The molecular formula is H2NO4SZn+. The zero-order valence-electron chi connectivity index (χ0n) is 3.33. The van der Waals surface area contributed by atoms with Gasteiger partial charge < -0.3 is 4.55 Å². The third-order valence-corrected chi connectivity index (χ3v) is 0.354. The van der Waals surface area contributed by atoms with Crippen molar-refractivity contribution in [3.8, 4) is 0 Å². The molecule has 0 saturated heterocycles. The van der Waals surface area contributed by atoms with Crippen molar-refractivity contribution < 1.29 is 36.7 Å². The molecule has 0 atom stereocenters.